The number of rotatable bonds is 6. The minimum atomic E-state index is -0.628. The van der Waals surface area contributed by atoms with Gasteiger partial charge in [0.2, 0.25) is 11.9 Å². The molecule has 0 N–H and O–H groups in total. The number of carbonyl (C=O) groups excluding carboxylic acids is 2. The normalized spacial score (nSPS) is 20.2. The standard InChI is InChI=1S/C27H31N6O3/c1-19-17-32-23-24(28-26(32)31(19)12-6-11-30-13-15-36-16-14-30)29(2)27(35)33(25(23)34)18-21-9-5-8-20-7-3-4-10-22(20)21/h3-5,7-10,17,23H,6,11-16,18H2,1-2H3/q+1. The van der Waals surface area contributed by atoms with Gasteiger partial charge in [-0.3, -0.25) is 19.5 Å². The van der Waals surface area contributed by atoms with E-state index in [1.54, 1.807) is 7.05 Å². The number of aryl methyl sites for hydroxylation is 1. The maximum atomic E-state index is 13.8. The minimum Gasteiger partial charge on any atom is -0.379 e. The second-order valence-electron chi connectivity index (χ2n) is 9.71. The van der Waals surface area contributed by atoms with Crippen molar-refractivity contribution in [3.8, 4) is 0 Å². The van der Waals surface area contributed by atoms with Gasteiger partial charge in [0, 0.05) is 26.7 Å². The highest BCUT2D eigenvalue weighted by Gasteiger charge is 2.53. The first-order valence-electron chi connectivity index (χ1n) is 12.6. The zero-order chi connectivity index (χ0) is 24.8. The van der Waals surface area contributed by atoms with Gasteiger partial charge in [-0.1, -0.05) is 47.5 Å². The highest BCUT2D eigenvalue weighted by Crippen LogP contribution is 2.31. The summed E-state index contributed by atoms with van der Waals surface area (Å²) in [5.41, 5.74) is 2.01. The molecule has 2 saturated heterocycles. The lowest BCUT2D eigenvalue weighted by Gasteiger charge is -2.33. The van der Waals surface area contributed by atoms with Crippen LogP contribution < -0.4 is 4.57 Å². The number of fused-ring (bicyclic) bond motifs is 4. The number of hydrogen-bond donors (Lipinski definition) is 0. The summed E-state index contributed by atoms with van der Waals surface area (Å²) >= 11 is 0. The van der Waals surface area contributed by atoms with Crippen molar-refractivity contribution in [2.75, 3.05) is 39.9 Å². The molecule has 2 aromatic carbocycles. The van der Waals surface area contributed by atoms with Crippen molar-refractivity contribution in [1.29, 1.82) is 0 Å². The first kappa shape index (κ1) is 22.9. The van der Waals surface area contributed by atoms with Crippen molar-refractivity contribution >= 4 is 34.5 Å². The average molecular weight is 488 g/mol. The molecule has 9 nitrogen and oxygen atoms in total. The van der Waals surface area contributed by atoms with Crippen LogP contribution in [0.3, 0.4) is 0 Å². The second-order valence-corrected chi connectivity index (χ2v) is 9.71. The number of amides is 3. The van der Waals surface area contributed by atoms with Gasteiger partial charge in [-0.15, -0.1) is 0 Å². The predicted octanol–water partition coefficient (Wildman–Crippen LogP) is 2.64. The zero-order valence-electron chi connectivity index (χ0n) is 20.8. The Labute approximate surface area is 210 Å². The third kappa shape index (κ3) is 3.79. The van der Waals surface area contributed by atoms with E-state index in [0.29, 0.717) is 5.84 Å². The number of carbonyl (C=O) groups is 2. The van der Waals surface area contributed by atoms with E-state index < -0.39 is 6.04 Å². The van der Waals surface area contributed by atoms with Crippen LogP contribution in [0, 0.1) is 6.92 Å². The van der Waals surface area contributed by atoms with E-state index in [4.69, 9.17) is 9.73 Å². The van der Waals surface area contributed by atoms with E-state index in [0.717, 1.165) is 73.8 Å². The molecule has 4 heterocycles. The van der Waals surface area contributed by atoms with E-state index in [2.05, 4.69) is 9.47 Å². The van der Waals surface area contributed by atoms with Crippen LogP contribution in [-0.2, 0) is 22.6 Å². The van der Waals surface area contributed by atoms with Crippen LogP contribution in [0.2, 0.25) is 0 Å². The number of ether oxygens (including phenoxy) is 1. The quantitative estimate of drug-likeness (QED) is 0.501. The van der Waals surface area contributed by atoms with Gasteiger partial charge in [0.15, 0.2) is 0 Å². The number of imide groups is 1. The van der Waals surface area contributed by atoms with Gasteiger partial charge in [-0.2, -0.15) is 0 Å². The molecular formula is C27H31N6O3+. The van der Waals surface area contributed by atoms with Gasteiger partial charge in [0.25, 0.3) is 5.91 Å². The van der Waals surface area contributed by atoms with Crippen LogP contribution in [0.4, 0.5) is 10.7 Å². The number of aromatic nitrogens is 2. The summed E-state index contributed by atoms with van der Waals surface area (Å²) in [6.07, 6.45) is 2.97. The lowest BCUT2D eigenvalue weighted by atomic mass is 10.0. The lowest BCUT2D eigenvalue weighted by Crippen LogP contribution is -2.62. The molecular weight excluding hydrogens is 456 g/mol. The maximum Gasteiger partial charge on any atom is 0.401 e. The van der Waals surface area contributed by atoms with E-state index in [-0.39, 0.29) is 18.5 Å². The van der Waals surface area contributed by atoms with Gasteiger partial charge in [-0.25, -0.2) is 13.9 Å². The van der Waals surface area contributed by atoms with E-state index in [1.807, 2.05) is 60.2 Å². The first-order chi connectivity index (χ1) is 17.5. The molecule has 9 heteroatoms. The number of likely N-dealkylation sites (N-methyl/N-ethyl adjacent to an activating group) is 1. The Hall–Kier alpha value is -3.56. The van der Waals surface area contributed by atoms with E-state index in [9.17, 15) is 9.59 Å². The second kappa shape index (κ2) is 9.15. The number of hydrogen-bond acceptors (Lipinski definition) is 5. The molecule has 186 valence electrons. The fourth-order valence-corrected chi connectivity index (χ4v) is 5.53. The van der Waals surface area contributed by atoms with Crippen LogP contribution in [0.5, 0.6) is 0 Å². The number of aliphatic imine (C=N–C) groups is 1. The molecule has 2 fully saturated rings. The van der Waals surface area contributed by atoms with Gasteiger partial charge >= 0.3 is 12.0 Å². The third-order valence-corrected chi connectivity index (χ3v) is 7.49. The Morgan fingerprint density at radius 2 is 1.83 bits per heavy atom. The summed E-state index contributed by atoms with van der Waals surface area (Å²) in [6.45, 7) is 7.60. The first-order valence-corrected chi connectivity index (χ1v) is 12.6. The number of imidazole rings is 1. The van der Waals surface area contributed by atoms with Crippen molar-refractivity contribution in [2.24, 2.45) is 4.99 Å². The zero-order valence-corrected chi connectivity index (χ0v) is 20.8. The van der Waals surface area contributed by atoms with Crippen LogP contribution >= 0.6 is 0 Å². The summed E-state index contributed by atoms with van der Waals surface area (Å²) in [6, 6.07) is 13.1. The van der Waals surface area contributed by atoms with Gasteiger partial charge < -0.3 is 4.74 Å². The number of nitrogens with zero attached hydrogens (tertiary/aromatic N) is 6. The molecule has 0 saturated carbocycles. The van der Waals surface area contributed by atoms with Crippen LogP contribution in [0.1, 0.15) is 23.7 Å². The minimum absolute atomic E-state index is 0.224. The molecule has 6 rings (SSSR count). The summed E-state index contributed by atoms with van der Waals surface area (Å²) in [7, 11) is 1.71. The highest BCUT2D eigenvalue weighted by atomic mass is 16.5. The molecule has 1 unspecified atom stereocenters. The molecule has 3 aromatic rings. The Kier molecular flexibility index (Phi) is 5.81. The topological polar surface area (TPSA) is 74.3 Å². The molecule has 0 spiro atoms. The fraction of sp³-hybridized carbons (Fsp3) is 0.407. The Balaban J connectivity index is 1.26. The van der Waals surface area contributed by atoms with E-state index >= 15 is 0 Å². The molecule has 0 bridgehead atoms. The number of benzene rings is 2. The van der Waals surface area contributed by atoms with Crippen LogP contribution in [0.25, 0.3) is 10.8 Å². The molecule has 3 amide bonds. The molecule has 1 aromatic heterocycles. The smallest absolute Gasteiger partial charge is 0.379 e. The summed E-state index contributed by atoms with van der Waals surface area (Å²) in [5.74, 6) is 0.990. The Bertz CT molecular complexity index is 1370. The highest BCUT2D eigenvalue weighted by molar-refractivity contribution is 6.19. The monoisotopic (exact) mass is 487 g/mol. The SMILES string of the molecule is Cc1c[n+]2c(n1CCCN1CCOCC1)N=C1C2C(=O)N(Cc2cccc3ccccc23)C(=O)N1C. The van der Waals surface area contributed by atoms with Crippen molar-refractivity contribution in [3.63, 3.8) is 0 Å². The van der Waals surface area contributed by atoms with Crippen molar-refractivity contribution in [2.45, 2.75) is 32.5 Å². The van der Waals surface area contributed by atoms with Crippen molar-refractivity contribution < 1.29 is 18.9 Å². The number of morpholine rings is 1. The average Bonchev–Trinajstić information content (AvgIpc) is 3.41. The Morgan fingerprint density at radius 3 is 2.67 bits per heavy atom. The van der Waals surface area contributed by atoms with Gasteiger partial charge in [-0.05, 0) is 29.7 Å². The summed E-state index contributed by atoms with van der Waals surface area (Å²) < 4.78 is 9.54. The third-order valence-electron chi connectivity index (χ3n) is 7.49. The lowest BCUT2D eigenvalue weighted by molar-refractivity contribution is -0.677. The molecule has 36 heavy (non-hydrogen) atoms. The predicted molar refractivity (Wildman–Crippen MR) is 135 cm³/mol. The van der Waals surface area contributed by atoms with Gasteiger partial charge in [0.1, 0.15) is 11.9 Å². The Morgan fingerprint density at radius 1 is 1.06 bits per heavy atom. The summed E-state index contributed by atoms with van der Waals surface area (Å²) in [4.78, 5) is 37.2. The van der Waals surface area contributed by atoms with Crippen molar-refractivity contribution in [3.05, 3.63) is 59.9 Å². The van der Waals surface area contributed by atoms with Crippen LogP contribution in [0.15, 0.2) is 53.7 Å². The molecule has 0 radical (unpaired) electrons. The molecule has 1 atom stereocenters. The summed E-state index contributed by atoms with van der Waals surface area (Å²) in [5, 5.41) is 2.13. The molecule has 3 aliphatic rings. The fourth-order valence-electron chi connectivity index (χ4n) is 5.53. The molecule has 0 aliphatic carbocycles. The van der Waals surface area contributed by atoms with Crippen LogP contribution in [-0.4, -0.2) is 76.9 Å². The van der Waals surface area contributed by atoms with Gasteiger partial charge in [0.05, 0.1) is 26.3 Å². The number of amidine groups is 1. The molecule has 3 aliphatic heterocycles. The largest absolute Gasteiger partial charge is 0.401 e. The number of urea groups is 1. The van der Waals surface area contributed by atoms with E-state index in [1.165, 1.54) is 9.80 Å². The maximum absolute atomic E-state index is 13.8. The van der Waals surface area contributed by atoms with Crippen molar-refractivity contribution in [1.82, 2.24) is 19.3 Å².